The van der Waals surface area contributed by atoms with Gasteiger partial charge in [0.15, 0.2) is 0 Å². The Labute approximate surface area is 149 Å². The average molecular weight is 352 g/mol. The number of hydrogen-bond acceptors (Lipinski definition) is 4. The zero-order valence-corrected chi connectivity index (χ0v) is 16.1. The minimum Gasteiger partial charge on any atom is -0.465 e. The van der Waals surface area contributed by atoms with Crippen LogP contribution in [0.5, 0.6) is 0 Å². The van der Waals surface area contributed by atoms with E-state index < -0.39 is 5.41 Å². The summed E-state index contributed by atoms with van der Waals surface area (Å²) in [6.07, 6.45) is 4.72. The highest BCUT2D eigenvalue weighted by molar-refractivity contribution is 5.76. The predicted octanol–water partition coefficient (Wildman–Crippen LogP) is 2.96. The number of ether oxygens (including phenoxy) is 1. The van der Waals surface area contributed by atoms with E-state index in [2.05, 4.69) is 32.7 Å². The molecule has 25 heavy (non-hydrogen) atoms. The second-order valence-corrected chi connectivity index (χ2v) is 7.67. The van der Waals surface area contributed by atoms with E-state index in [-0.39, 0.29) is 23.1 Å². The third kappa shape index (κ3) is 6.52. The van der Waals surface area contributed by atoms with Gasteiger partial charge in [-0.2, -0.15) is 0 Å². The zero-order valence-electron chi connectivity index (χ0n) is 16.1. The van der Waals surface area contributed by atoms with Gasteiger partial charge in [-0.25, -0.2) is 4.79 Å². The molecule has 1 aromatic heterocycles. The van der Waals surface area contributed by atoms with E-state index in [0.29, 0.717) is 19.1 Å². The topological polar surface area (TPSA) is 81.2 Å². The molecule has 0 aliphatic heterocycles. The molecule has 0 saturated heterocycles. The molecule has 1 unspecified atom stereocenters. The Bertz CT molecular complexity index is 660. The van der Waals surface area contributed by atoms with Crippen molar-refractivity contribution in [1.29, 1.82) is 0 Å². The summed E-state index contributed by atoms with van der Waals surface area (Å²) < 4.78 is 6.98. The van der Waals surface area contributed by atoms with Crippen LogP contribution in [0.15, 0.2) is 21.9 Å². The van der Waals surface area contributed by atoms with Gasteiger partial charge in [0.2, 0.25) is 0 Å². The van der Waals surface area contributed by atoms with Gasteiger partial charge in [0, 0.05) is 18.8 Å². The van der Waals surface area contributed by atoms with Gasteiger partial charge < -0.3 is 9.30 Å². The van der Waals surface area contributed by atoms with Crippen LogP contribution in [0.3, 0.4) is 0 Å². The lowest BCUT2D eigenvalue weighted by Gasteiger charge is -2.32. The summed E-state index contributed by atoms with van der Waals surface area (Å²) in [4.78, 5) is 37.3. The molecule has 0 saturated carbocycles. The molecule has 0 aliphatic rings. The van der Waals surface area contributed by atoms with Crippen LogP contribution in [0.1, 0.15) is 60.3 Å². The van der Waals surface area contributed by atoms with Crippen molar-refractivity contribution < 1.29 is 9.53 Å². The monoisotopic (exact) mass is 352 g/mol. The number of carbonyl (C=O) groups is 1. The number of esters is 1. The summed E-state index contributed by atoms with van der Waals surface area (Å²) in [6.45, 7) is 11.3. The fourth-order valence-electron chi connectivity index (χ4n) is 2.91. The molecule has 0 aliphatic carbocycles. The average Bonchev–Trinajstić information content (AvgIpc) is 2.51. The van der Waals surface area contributed by atoms with Gasteiger partial charge in [-0.3, -0.25) is 14.6 Å². The number of aromatic nitrogens is 2. The van der Waals surface area contributed by atoms with Crippen LogP contribution in [0.2, 0.25) is 0 Å². The predicted molar refractivity (Wildman–Crippen MR) is 98.5 cm³/mol. The molecular weight excluding hydrogens is 320 g/mol. The second-order valence-electron chi connectivity index (χ2n) is 7.67. The minimum atomic E-state index is -0.447. The molecule has 0 spiro atoms. The molecule has 0 bridgehead atoms. The lowest BCUT2D eigenvalue weighted by atomic mass is 9.73. The van der Waals surface area contributed by atoms with Gasteiger partial charge in [0.05, 0.1) is 12.0 Å². The van der Waals surface area contributed by atoms with E-state index in [9.17, 15) is 14.4 Å². The number of carbonyl (C=O) groups excluding carboxylic acids is 1. The molecule has 6 heteroatoms. The van der Waals surface area contributed by atoms with Crippen LogP contribution in [-0.2, 0) is 16.1 Å². The van der Waals surface area contributed by atoms with Crippen molar-refractivity contribution in [3.05, 3.63) is 33.1 Å². The Balaban J connectivity index is 2.35. The summed E-state index contributed by atoms with van der Waals surface area (Å²) in [7, 11) is 0. The Hall–Kier alpha value is -1.85. The summed E-state index contributed by atoms with van der Waals surface area (Å²) in [6, 6.07) is 1.34. The molecule has 1 heterocycles. The van der Waals surface area contributed by atoms with Crippen molar-refractivity contribution in [3.8, 4) is 0 Å². The number of aromatic amines is 1. The Morgan fingerprint density at radius 2 is 1.88 bits per heavy atom. The lowest BCUT2D eigenvalue weighted by molar-refractivity contribution is -0.159. The van der Waals surface area contributed by atoms with Crippen LogP contribution >= 0.6 is 0 Å². The summed E-state index contributed by atoms with van der Waals surface area (Å²) in [5.41, 5.74) is -1.22. The molecule has 1 atom stereocenters. The first kappa shape index (κ1) is 21.2. The molecule has 0 fully saturated rings. The van der Waals surface area contributed by atoms with E-state index >= 15 is 0 Å². The highest BCUT2D eigenvalue weighted by Gasteiger charge is 2.38. The number of unbranched alkanes of at least 4 members (excludes halogenated alkanes) is 2. The van der Waals surface area contributed by atoms with E-state index in [1.807, 2.05) is 6.92 Å². The lowest BCUT2D eigenvalue weighted by Crippen LogP contribution is -2.36. The van der Waals surface area contributed by atoms with Crippen LogP contribution in [0.25, 0.3) is 0 Å². The van der Waals surface area contributed by atoms with Crippen molar-refractivity contribution in [2.75, 3.05) is 6.61 Å². The molecule has 0 aromatic carbocycles. The zero-order chi connectivity index (χ0) is 19.0. The van der Waals surface area contributed by atoms with E-state index in [0.717, 1.165) is 25.7 Å². The largest absolute Gasteiger partial charge is 0.465 e. The van der Waals surface area contributed by atoms with Crippen LogP contribution in [0.4, 0.5) is 0 Å². The summed E-state index contributed by atoms with van der Waals surface area (Å²) in [5, 5.41) is 0. The van der Waals surface area contributed by atoms with Crippen LogP contribution < -0.4 is 11.2 Å². The number of nitrogens with zero attached hydrogens (tertiary/aromatic N) is 1. The van der Waals surface area contributed by atoms with Crippen molar-refractivity contribution in [2.45, 2.75) is 66.8 Å². The number of rotatable bonds is 10. The molecule has 1 rings (SSSR count). The Morgan fingerprint density at radius 1 is 1.20 bits per heavy atom. The second kappa shape index (κ2) is 9.59. The molecule has 1 N–H and O–H groups in total. The Kier molecular flexibility index (Phi) is 8.13. The third-order valence-electron chi connectivity index (χ3n) is 4.75. The van der Waals surface area contributed by atoms with Crippen molar-refractivity contribution in [2.24, 2.45) is 17.3 Å². The van der Waals surface area contributed by atoms with Crippen LogP contribution in [-0.4, -0.2) is 22.1 Å². The maximum atomic E-state index is 12.5. The first-order valence-electron chi connectivity index (χ1n) is 9.14. The fraction of sp³-hybridized carbons (Fsp3) is 0.737. The summed E-state index contributed by atoms with van der Waals surface area (Å²) >= 11 is 0. The summed E-state index contributed by atoms with van der Waals surface area (Å²) in [5.74, 6) is 0.554. The SMILES string of the molecule is CC(C)CC(C)(C(=O)OCCCCCn1ccc(=O)[nH]c1=O)C(C)C. The van der Waals surface area contributed by atoms with E-state index in [1.54, 1.807) is 0 Å². The fourth-order valence-corrected chi connectivity index (χ4v) is 2.91. The van der Waals surface area contributed by atoms with Crippen molar-refractivity contribution in [1.82, 2.24) is 9.55 Å². The molecule has 6 nitrogen and oxygen atoms in total. The van der Waals surface area contributed by atoms with Crippen molar-refractivity contribution in [3.63, 3.8) is 0 Å². The van der Waals surface area contributed by atoms with E-state index in [1.165, 1.54) is 16.8 Å². The highest BCUT2D eigenvalue weighted by Crippen LogP contribution is 2.35. The third-order valence-corrected chi connectivity index (χ3v) is 4.75. The van der Waals surface area contributed by atoms with E-state index in [4.69, 9.17) is 4.74 Å². The smallest absolute Gasteiger partial charge is 0.328 e. The van der Waals surface area contributed by atoms with Gasteiger partial charge in [0.1, 0.15) is 0 Å². The molecule has 0 amide bonds. The first-order valence-corrected chi connectivity index (χ1v) is 9.14. The van der Waals surface area contributed by atoms with Gasteiger partial charge in [-0.05, 0) is 44.4 Å². The van der Waals surface area contributed by atoms with Crippen molar-refractivity contribution >= 4 is 5.97 Å². The maximum Gasteiger partial charge on any atom is 0.328 e. The van der Waals surface area contributed by atoms with Gasteiger partial charge in [-0.1, -0.05) is 27.7 Å². The van der Waals surface area contributed by atoms with Gasteiger partial charge in [-0.15, -0.1) is 0 Å². The van der Waals surface area contributed by atoms with Gasteiger partial charge >= 0.3 is 11.7 Å². The van der Waals surface area contributed by atoms with Gasteiger partial charge in [0.25, 0.3) is 5.56 Å². The first-order chi connectivity index (χ1) is 11.7. The molecule has 142 valence electrons. The molecular formula is C19H32N2O4. The quantitative estimate of drug-likeness (QED) is 0.518. The van der Waals surface area contributed by atoms with Crippen LogP contribution in [0, 0.1) is 17.3 Å². The maximum absolute atomic E-state index is 12.5. The number of hydrogen-bond donors (Lipinski definition) is 1. The highest BCUT2D eigenvalue weighted by atomic mass is 16.5. The number of H-pyrrole nitrogens is 1. The molecule has 0 radical (unpaired) electrons. The Morgan fingerprint density at radius 3 is 2.44 bits per heavy atom. The number of nitrogens with one attached hydrogen (secondary N) is 1. The molecule has 1 aromatic rings. The number of aryl methyl sites for hydroxylation is 1. The normalized spacial score (nSPS) is 13.9. The minimum absolute atomic E-state index is 0.118. The standard InChI is InChI=1S/C19H32N2O4/c1-14(2)13-19(5,15(3)4)17(23)25-12-8-6-7-10-21-11-9-16(22)20-18(21)24/h9,11,14-15H,6-8,10,12-13H2,1-5H3,(H,20,22,24).